The summed E-state index contributed by atoms with van der Waals surface area (Å²) in [6.07, 6.45) is 0.263. The molecule has 1 saturated carbocycles. The van der Waals surface area contributed by atoms with Crippen molar-refractivity contribution in [3.05, 3.63) is 0 Å². The van der Waals surface area contributed by atoms with Crippen LogP contribution in [-0.2, 0) is 28.9 Å². The van der Waals surface area contributed by atoms with Crippen molar-refractivity contribution in [2.24, 2.45) is 11.8 Å². The first kappa shape index (κ1) is 17.9. The second-order valence-electron chi connectivity index (χ2n) is 5.30. The highest BCUT2D eigenvalue weighted by Crippen LogP contribution is 2.46. The third kappa shape index (κ3) is 3.07. The Morgan fingerprint density at radius 2 is 1.71 bits per heavy atom. The molecule has 3 atom stereocenters. The summed E-state index contributed by atoms with van der Waals surface area (Å²) < 4.78 is 33.4. The van der Waals surface area contributed by atoms with E-state index in [1.54, 1.807) is 20.8 Å². The fourth-order valence-corrected chi connectivity index (χ4v) is 5.06. The van der Waals surface area contributed by atoms with E-state index in [9.17, 15) is 18.0 Å². The lowest BCUT2D eigenvalue weighted by Gasteiger charge is -2.30. The van der Waals surface area contributed by atoms with Gasteiger partial charge < -0.3 is 9.47 Å². The van der Waals surface area contributed by atoms with Gasteiger partial charge in [-0.1, -0.05) is 13.8 Å². The van der Waals surface area contributed by atoms with Gasteiger partial charge in [0, 0.05) is 5.75 Å². The Balaban J connectivity index is 3.21. The second-order valence-corrected chi connectivity index (χ2v) is 7.84. The SMILES string of the molecule is CCOC(=O)[C@@H]1C[C@H](C)[C@](C(=O)OCC)(S(=O)(=O)CC)C1. The maximum Gasteiger partial charge on any atom is 0.327 e. The van der Waals surface area contributed by atoms with Crippen LogP contribution in [0.2, 0.25) is 0 Å². The van der Waals surface area contributed by atoms with Crippen LogP contribution in [0, 0.1) is 11.8 Å². The van der Waals surface area contributed by atoms with Gasteiger partial charge in [-0.25, -0.2) is 8.42 Å². The number of hydrogen-bond acceptors (Lipinski definition) is 6. The second kappa shape index (κ2) is 6.77. The van der Waals surface area contributed by atoms with E-state index in [0.717, 1.165) is 0 Å². The Labute approximate surface area is 126 Å². The molecule has 6 nitrogen and oxygen atoms in total. The Kier molecular flexibility index (Phi) is 5.78. The normalized spacial score (nSPS) is 29.1. The zero-order valence-electron chi connectivity index (χ0n) is 13.0. The summed E-state index contributed by atoms with van der Waals surface area (Å²) in [4.78, 5) is 24.3. The highest BCUT2D eigenvalue weighted by Gasteiger charge is 2.61. The van der Waals surface area contributed by atoms with Crippen LogP contribution in [0.3, 0.4) is 0 Å². The maximum absolute atomic E-state index is 12.5. The van der Waals surface area contributed by atoms with Gasteiger partial charge in [0.25, 0.3) is 0 Å². The van der Waals surface area contributed by atoms with Crippen LogP contribution in [0.15, 0.2) is 0 Å². The minimum absolute atomic E-state index is 0.0536. The molecule has 0 saturated heterocycles. The number of rotatable bonds is 6. The van der Waals surface area contributed by atoms with E-state index in [4.69, 9.17) is 9.47 Å². The molecule has 0 bridgehead atoms. The van der Waals surface area contributed by atoms with Gasteiger partial charge >= 0.3 is 11.9 Å². The van der Waals surface area contributed by atoms with E-state index < -0.39 is 38.4 Å². The zero-order chi connectivity index (χ0) is 16.3. The van der Waals surface area contributed by atoms with E-state index in [0.29, 0.717) is 6.42 Å². The Morgan fingerprint density at radius 1 is 1.14 bits per heavy atom. The lowest BCUT2D eigenvalue weighted by molar-refractivity contribution is -0.148. The lowest BCUT2D eigenvalue weighted by Crippen LogP contribution is -2.50. The molecule has 1 aliphatic carbocycles. The molecule has 0 aliphatic heterocycles. The summed E-state index contributed by atoms with van der Waals surface area (Å²) in [6, 6.07) is 0. The third-order valence-corrected chi connectivity index (χ3v) is 6.77. The molecule has 0 heterocycles. The molecule has 1 rings (SSSR count). The number of carbonyl (C=O) groups excluding carboxylic acids is 2. The summed E-state index contributed by atoms with van der Waals surface area (Å²) in [7, 11) is -3.69. The molecule has 21 heavy (non-hydrogen) atoms. The van der Waals surface area contributed by atoms with Crippen LogP contribution in [-0.4, -0.2) is 44.1 Å². The van der Waals surface area contributed by atoms with Crippen molar-refractivity contribution < 1.29 is 27.5 Å². The molecule has 122 valence electrons. The topological polar surface area (TPSA) is 86.7 Å². The van der Waals surface area contributed by atoms with Crippen molar-refractivity contribution in [3.8, 4) is 0 Å². The fourth-order valence-electron chi connectivity index (χ4n) is 3.06. The van der Waals surface area contributed by atoms with Gasteiger partial charge in [-0.2, -0.15) is 0 Å². The number of sulfone groups is 1. The Bertz CT molecular complexity index is 498. The molecule has 0 aromatic rings. The van der Waals surface area contributed by atoms with E-state index in [1.807, 2.05) is 0 Å². The number of hydrogen-bond donors (Lipinski definition) is 0. The third-order valence-electron chi connectivity index (χ3n) is 4.16. The van der Waals surface area contributed by atoms with Gasteiger partial charge in [0.2, 0.25) is 0 Å². The molecular weight excluding hydrogens is 296 g/mol. The molecular formula is C14H24O6S. The smallest absolute Gasteiger partial charge is 0.327 e. The van der Waals surface area contributed by atoms with Gasteiger partial charge in [0.05, 0.1) is 19.1 Å². The van der Waals surface area contributed by atoms with Gasteiger partial charge in [0.15, 0.2) is 14.6 Å². The van der Waals surface area contributed by atoms with Gasteiger partial charge in [-0.3, -0.25) is 9.59 Å². The van der Waals surface area contributed by atoms with Crippen molar-refractivity contribution in [2.75, 3.05) is 19.0 Å². The average molecular weight is 320 g/mol. The first-order valence-electron chi connectivity index (χ1n) is 7.32. The summed E-state index contributed by atoms with van der Waals surface area (Å²) in [6.45, 7) is 6.85. The van der Waals surface area contributed by atoms with Crippen molar-refractivity contribution in [1.29, 1.82) is 0 Å². The van der Waals surface area contributed by atoms with Crippen molar-refractivity contribution in [2.45, 2.75) is 45.3 Å². The number of ether oxygens (including phenoxy) is 2. The van der Waals surface area contributed by atoms with Crippen LogP contribution >= 0.6 is 0 Å². The maximum atomic E-state index is 12.5. The predicted molar refractivity (Wildman–Crippen MR) is 77.3 cm³/mol. The van der Waals surface area contributed by atoms with Crippen LogP contribution in [0.5, 0.6) is 0 Å². The summed E-state index contributed by atoms with van der Waals surface area (Å²) >= 11 is 0. The number of carbonyl (C=O) groups is 2. The first-order chi connectivity index (χ1) is 9.76. The molecule has 0 aromatic heterocycles. The van der Waals surface area contributed by atoms with E-state index in [1.165, 1.54) is 6.92 Å². The molecule has 0 amide bonds. The predicted octanol–water partition coefficient (Wildman–Crippen LogP) is 1.33. The van der Waals surface area contributed by atoms with Crippen molar-refractivity contribution in [1.82, 2.24) is 0 Å². The highest BCUT2D eigenvalue weighted by molar-refractivity contribution is 7.93. The molecule has 1 fully saturated rings. The van der Waals surface area contributed by atoms with Gasteiger partial charge in [-0.15, -0.1) is 0 Å². The molecule has 0 radical (unpaired) electrons. The molecule has 1 aliphatic rings. The van der Waals surface area contributed by atoms with E-state index in [-0.39, 0.29) is 25.4 Å². The molecule has 7 heteroatoms. The van der Waals surface area contributed by atoms with Crippen molar-refractivity contribution >= 4 is 21.8 Å². The fraction of sp³-hybridized carbons (Fsp3) is 0.857. The number of esters is 2. The Hall–Kier alpha value is -1.11. The van der Waals surface area contributed by atoms with Crippen LogP contribution < -0.4 is 0 Å². The standard InChI is InChI=1S/C14H24O6S/c1-5-19-12(15)11-8-10(4)14(9-11,13(16)20-6-2)21(17,18)7-3/h10-11H,5-9H2,1-4H3/t10-,11+,14+/m0/s1. The molecule has 0 spiro atoms. The minimum atomic E-state index is -3.69. The van der Waals surface area contributed by atoms with Crippen molar-refractivity contribution in [3.63, 3.8) is 0 Å². The highest BCUT2D eigenvalue weighted by atomic mass is 32.2. The zero-order valence-corrected chi connectivity index (χ0v) is 13.9. The largest absolute Gasteiger partial charge is 0.466 e. The lowest BCUT2D eigenvalue weighted by atomic mass is 9.97. The van der Waals surface area contributed by atoms with E-state index in [2.05, 4.69) is 0 Å². The summed E-state index contributed by atoms with van der Waals surface area (Å²) in [5.74, 6) is -2.40. The monoisotopic (exact) mass is 320 g/mol. The van der Waals surface area contributed by atoms with Crippen LogP contribution in [0.4, 0.5) is 0 Å². The van der Waals surface area contributed by atoms with E-state index >= 15 is 0 Å². The Morgan fingerprint density at radius 3 is 2.19 bits per heavy atom. The van der Waals surface area contributed by atoms with Gasteiger partial charge in [0.1, 0.15) is 0 Å². The molecule has 0 aromatic carbocycles. The summed E-state index contributed by atoms with van der Waals surface area (Å²) in [5, 5.41) is 0. The molecule has 0 unspecified atom stereocenters. The van der Waals surface area contributed by atoms with Crippen LogP contribution in [0.25, 0.3) is 0 Å². The average Bonchev–Trinajstić information content (AvgIpc) is 2.79. The quantitative estimate of drug-likeness (QED) is 0.686. The van der Waals surface area contributed by atoms with Gasteiger partial charge in [-0.05, 0) is 32.6 Å². The van der Waals surface area contributed by atoms with Crippen LogP contribution in [0.1, 0.15) is 40.5 Å². The first-order valence-corrected chi connectivity index (χ1v) is 8.98. The molecule has 0 N–H and O–H groups in total. The summed E-state index contributed by atoms with van der Waals surface area (Å²) in [5.41, 5.74) is 0. The minimum Gasteiger partial charge on any atom is -0.466 e.